The fraction of sp³-hybridized carbons (Fsp3) is 0.778. The Morgan fingerprint density at radius 3 is 2.10 bits per heavy atom. The highest BCUT2D eigenvalue weighted by Gasteiger charge is 2.39. The summed E-state index contributed by atoms with van der Waals surface area (Å²) in [6.45, 7) is 8.26. The average molecular weight is 417 g/mol. The van der Waals surface area contributed by atoms with Gasteiger partial charge in [0.05, 0.1) is 0 Å². The van der Waals surface area contributed by atoms with E-state index in [0.29, 0.717) is 5.92 Å². The molecular weight excluding hydrogens is 368 g/mol. The number of rotatable bonds is 15. The Labute approximate surface area is 183 Å². The smallest absolute Gasteiger partial charge is 0.193 e. The Bertz CT molecular complexity index is 509. The van der Waals surface area contributed by atoms with Crippen LogP contribution < -0.4 is 0 Å². The van der Waals surface area contributed by atoms with E-state index in [2.05, 4.69) is 51.1 Å². The van der Waals surface area contributed by atoms with Crippen LogP contribution in [0.25, 0.3) is 0 Å². The van der Waals surface area contributed by atoms with Crippen LogP contribution in [0.1, 0.15) is 109 Å². The monoisotopic (exact) mass is 416 g/mol. The van der Waals surface area contributed by atoms with Crippen molar-refractivity contribution in [2.75, 3.05) is 6.61 Å². The third-order valence-corrected chi connectivity index (χ3v) is 11.9. The largest absolute Gasteiger partial charge is 0.417 e. The van der Waals surface area contributed by atoms with E-state index in [1.807, 2.05) is 0 Å². The van der Waals surface area contributed by atoms with Crippen molar-refractivity contribution in [3.05, 3.63) is 35.9 Å². The van der Waals surface area contributed by atoms with Crippen LogP contribution in [-0.4, -0.2) is 14.9 Å². The number of hydrogen-bond donors (Lipinski definition) is 0. The van der Waals surface area contributed by atoms with Crippen LogP contribution in [0.2, 0.25) is 18.1 Å². The quantitative estimate of drug-likeness (QED) is 0.204. The fourth-order valence-corrected chi connectivity index (χ4v) is 10.6. The predicted molar refractivity (Wildman–Crippen MR) is 131 cm³/mol. The summed E-state index contributed by atoms with van der Waals surface area (Å²) in [6, 6.07) is 15.2. The molecule has 2 heteroatoms. The van der Waals surface area contributed by atoms with Gasteiger partial charge in [0.2, 0.25) is 0 Å². The highest BCUT2D eigenvalue weighted by atomic mass is 28.4. The molecular formula is C27H48OSi. The van der Waals surface area contributed by atoms with Crippen LogP contribution in [0, 0.1) is 5.92 Å². The van der Waals surface area contributed by atoms with E-state index in [-0.39, 0.29) is 0 Å². The van der Waals surface area contributed by atoms with Gasteiger partial charge in [0.1, 0.15) is 0 Å². The molecule has 1 aliphatic heterocycles. The molecule has 0 spiro atoms. The molecule has 0 N–H and O–H groups in total. The summed E-state index contributed by atoms with van der Waals surface area (Å²) in [5.41, 5.74) is 1.50. The third-order valence-electron chi connectivity index (χ3n) is 7.00. The molecule has 1 nitrogen and oxygen atoms in total. The van der Waals surface area contributed by atoms with Crippen LogP contribution in [0.15, 0.2) is 30.3 Å². The summed E-state index contributed by atoms with van der Waals surface area (Å²) >= 11 is 0. The summed E-state index contributed by atoms with van der Waals surface area (Å²) in [4.78, 5) is 0. The average Bonchev–Trinajstić information content (AvgIpc) is 2.73. The summed E-state index contributed by atoms with van der Waals surface area (Å²) in [5.74, 6) is 1.48. The van der Waals surface area contributed by atoms with E-state index in [1.165, 1.54) is 101 Å². The molecule has 0 bridgehead atoms. The molecule has 1 heterocycles. The zero-order chi connectivity index (χ0) is 20.8. The molecule has 1 aromatic carbocycles. The van der Waals surface area contributed by atoms with Gasteiger partial charge in [-0.05, 0) is 42.0 Å². The van der Waals surface area contributed by atoms with Crippen molar-refractivity contribution in [2.45, 2.75) is 122 Å². The Morgan fingerprint density at radius 2 is 1.48 bits per heavy atom. The number of unbranched alkanes of at least 4 members (excludes halogenated alkanes) is 8. The number of hydrogen-bond acceptors (Lipinski definition) is 1. The molecule has 166 valence electrons. The second kappa shape index (κ2) is 14.4. The molecule has 2 rings (SSSR count). The minimum atomic E-state index is -1.59. The maximum Gasteiger partial charge on any atom is 0.193 e. The van der Waals surface area contributed by atoms with Crippen LogP contribution in [0.3, 0.4) is 0 Å². The summed E-state index contributed by atoms with van der Waals surface area (Å²) < 4.78 is 6.66. The molecule has 1 fully saturated rings. The van der Waals surface area contributed by atoms with Gasteiger partial charge in [-0.25, -0.2) is 0 Å². The van der Waals surface area contributed by atoms with Crippen LogP contribution in [0.4, 0.5) is 0 Å². The van der Waals surface area contributed by atoms with Gasteiger partial charge in [-0.2, -0.15) is 0 Å². The summed E-state index contributed by atoms with van der Waals surface area (Å²) in [5, 5.41) is 0. The fourth-order valence-electron chi connectivity index (χ4n) is 5.31. The Balaban J connectivity index is 1.70. The zero-order valence-corrected chi connectivity index (χ0v) is 20.8. The summed E-state index contributed by atoms with van der Waals surface area (Å²) in [6.07, 6.45) is 17.0. The molecule has 0 amide bonds. The van der Waals surface area contributed by atoms with Crippen LogP contribution in [0.5, 0.6) is 0 Å². The first-order chi connectivity index (χ1) is 14.2. The van der Waals surface area contributed by atoms with Gasteiger partial charge in [-0.1, -0.05) is 122 Å². The van der Waals surface area contributed by atoms with Crippen molar-refractivity contribution in [3.63, 3.8) is 0 Å². The van der Waals surface area contributed by atoms with Crippen molar-refractivity contribution >= 4 is 8.32 Å². The molecule has 29 heavy (non-hydrogen) atoms. The van der Waals surface area contributed by atoms with E-state index in [4.69, 9.17) is 4.43 Å². The van der Waals surface area contributed by atoms with Crippen molar-refractivity contribution in [1.29, 1.82) is 0 Å². The second-order valence-corrected chi connectivity index (χ2v) is 13.9. The maximum absolute atomic E-state index is 6.66. The minimum absolute atomic E-state index is 0.640. The second-order valence-electron chi connectivity index (χ2n) is 9.93. The van der Waals surface area contributed by atoms with Crippen molar-refractivity contribution in [3.8, 4) is 0 Å². The van der Waals surface area contributed by atoms with Gasteiger partial charge in [-0.3, -0.25) is 0 Å². The highest BCUT2D eigenvalue weighted by molar-refractivity contribution is 6.74. The zero-order valence-electron chi connectivity index (χ0n) is 19.8. The van der Waals surface area contributed by atoms with E-state index >= 15 is 0 Å². The van der Waals surface area contributed by atoms with Crippen LogP contribution >= 0.6 is 0 Å². The molecule has 3 unspecified atom stereocenters. The molecule has 0 radical (unpaired) electrons. The minimum Gasteiger partial charge on any atom is -0.417 e. The van der Waals surface area contributed by atoms with Crippen LogP contribution in [-0.2, 0) is 4.43 Å². The standard InChI is InChI=1S/C27H48OSi/c1-4-5-6-7-8-9-10-11-13-18-25(2)23-29(22-17-16-21-28-29)24-26(3)27-19-14-12-15-20-27/h12,14-15,19-20,25-26H,4-11,13,16-18,21-24H2,1-3H3. The van der Waals surface area contributed by atoms with E-state index < -0.39 is 8.32 Å². The van der Waals surface area contributed by atoms with Crippen molar-refractivity contribution in [1.82, 2.24) is 0 Å². The van der Waals surface area contributed by atoms with E-state index in [0.717, 1.165) is 12.5 Å². The number of benzene rings is 1. The normalized spacial score (nSPS) is 21.8. The lowest BCUT2D eigenvalue weighted by molar-refractivity contribution is 0.257. The van der Waals surface area contributed by atoms with Gasteiger partial charge in [0.25, 0.3) is 0 Å². The highest BCUT2D eigenvalue weighted by Crippen LogP contribution is 2.38. The molecule has 0 aliphatic carbocycles. The lowest BCUT2D eigenvalue weighted by atomic mass is 10.0. The van der Waals surface area contributed by atoms with E-state index in [9.17, 15) is 0 Å². The Hall–Kier alpha value is -0.603. The molecule has 0 saturated carbocycles. The predicted octanol–water partition coefficient (Wildman–Crippen LogP) is 9.10. The summed E-state index contributed by atoms with van der Waals surface area (Å²) in [7, 11) is -1.59. The molecule has 0 aromatic heterocycles. The SMILES string of the molecule is CCCCCCCCCCCC(C)C[Si]1(CC(C)c2ccccc2)CCCCO1. The van der Waals surface area contributed by atoms with Gasteiger partial charge in [0.15, 0.2) is 8.32 Å². The molecule has 1 saturated heterocycles. The molecule has 1 aromatic rings. The van der Waals surface area contributed by atoms with E-state index in [1.54, 1.807) is 0 Å². The van der Waals surface area contributed by atoms with Gasteiger partial charge >= 0.3 is 0 Å². The Kier molecular flexibility index (Phi) is 12.3. The first-order valence-electron chi connectivity index (χ1n) is 12.8. The van der Waals surface area contributed by atoms with Gasteiger partial charge in [-0.15, -0.1) is 0 Å². The van der Waals surface area contributed by atoms with Gasteiger partial charge in [0, 0.05) is 6.61 Å². The topological polar surface area (TPSA) is 9.23 Å². The lowest BCUT2D eigenvalue weighted by Gasteiger charge is -2.39. The first kappa shape index (κ1) is 24.7. The third kappa shape index (κ3) is 9.83. The first-order valence-corrected chi connectivity index (χ1v) is 15.4. The molecule has 1 aliphatic rings. The van der Waals surface area contributed by atoms with Gasteiger partial charge < -0.3 is 4.43 Å². The van der Waals surface area contributed by atoms with Crippen molar-refractivity contribution in [2.24, 2.45) is 5.92 Å². The maximum atomic E-state index is 6.66. The lowest BCUT2D eigenvalue weighted by Crippen LogP contribution is -2.43. The Morgan fingerprint density at radius 1 is 0.828 bits per heavy atom. The van der Waals surface area contributed by atoms with Crippen molar-refractivity contribution < 1.29 is 4.43 Å². The molecule has 3 atom stereocenters.